The molecule has 1 heterocycles. The Kier molecular flexibility index (Phi) is 4.29. The predicted molar refractivity (Wildman–Crippen MR) is 85.2 cm³/mol. The molecule has 1 aliphatic heterocycles. The molecular weight excluding hydrogens is 260 g/mol. The average Bonchev–Trinajstić information content (AvgIpc) is 3.12. The average molecular weight is 286 g/mol. The normalized spacial score (nSPS) is 21.8. The Morgan fingerprint density at radius 2 is 1.95 bits per heavy atom. The summed E-state index contributed by atoms with van der Waals surface area (Å²) in [5.41, 5.74) is 2.72. The molecule has 1 aliphatic carbocycles. The molecule has 0 saturated carbocycles. The highest BCUT2D eigenvalue weighted by Gasteiger charge is 2.32. The summed E-state index contributed by atoms with van der Waals surface area (Å²) in [6.07, 6.45) is 4.26. The van der Waals surface area contributed by atoms with Gasteiger partial charge < -0.3 is 10.2 Å². The quantitative estimate of drug-likeness (QED) is 0.922. The number of carbonyl (C=O) groups is 1. The molecule has 1 N–H and O–H groups in total. The van der Waals surface area contributed by atoms with Gasteiger partial charge in [-0.1, -0.05) is 24.3 Å². The third-order valence-electron chi connectivity index (χ3n) is 4.89. The van der Waals surface area contributed by atoms with Gasteiger partial charge in [0.2, 0.25) is 5.91 Å². The van der Waals surface area contributed by atoms with E-state index in [2.05, 4.69) is 48.3 Å². The van der Waals surface area contributed by atoms with Crippen LogP contribution in [0, 0.1) is 5.92 Å². The molecule has 1 saturated heterocycles. The summed E-state index contributed by atoms with van der Waals surface area (Å²) in [6, 6.07) is 9.26. The van der Waals surface area contributed by atoms with Crippen LogP contribution in [-0.2, 0) is 17.6 Å². The fourth-order valence-corrected chi connectivity index (χ4v) is 3.67. The third kappa shape index (κ3) is 3.13. The van der Waals surface area contributed by atoms with Gasteiger partial charge in [-0.3, -0.25) is 4.79 Å². The zero-order chi connectivity index (χ0) is 14.8. The summed E-state index contributed by atoms with van der Waals surface area (Å²) >= 11 is 0. The van der Waals surface area contributed by atoms with Crippen molar-refractivity contribution in [2.45, 2.75) is 51.6 Å². The molecule has 0 radical (unpaired) electrons. The van der Waals surface area contributed by atoms with Gasteiger partial charge >= 0.3 is 0 Å². The molecule has 3 heteroatoms. The molecule has 114 valence electrons. The molecule has 0 aromatic heterocycles. The van der Waals surface area contributed by atoms with E-state index in [0.29, 0.717) is 11.9 Å². The molecule has 0 spiro atoms. The lowest BCUT2D eigenvalue weighted by molar-refractivity contribution is -0.137. The Morgan fingerprint density at radius 3 is 2.48 bits per heavy atom. The van der Waals surface area contributed by atoms with Crippen LogP contribution in [0.3, 0.4) is 0 Å². The van der Waals surface area contributed by atoms with Crippen molar-refractivity contribution in [3.05, 3.63) is 35.4 Å². The number of amides is 1. The van der Waals surface area contributed by atoms with Crippen molar-refractivity contribution in [3.63, 3.8) is 0 Å². The van der Waals surface area contributed by atoms with Crippen molar-refractivity contribution in [1.29, 1.82) is 0 Å². The zero-order valence-electron chi connectivity index (χ0n) is 13.1. The maximum absolute atomic E-state index is 12.9. The van der Waals surface area contributed by atoms with E-state index in [1.54, 1.807) is 0 Å². The first-order chi connectivity index (χ1) is 10.1. The van der Waals surface area contributed by atoms with Crippen LogP contribution in [0.15, 0.2) is 24.3 Å². The number of hydrogen-bond acceptors (Lipinski definition) is 2. The van der Waals surface area contributed by atoms with Gasteiger partial charge in [-0.15, -0.1) is 0 Å². The molecular formula is C18H26N2O. The SMILES string of the molecule is CC(C)N(CC1CCCN1)C(=O)C1Cc2ccccc2C1. The largest absolute Gasteiger partial charge is 0.338 e. The Bertz CT molecular complexity index is 481. The molecule has 21 heavy (non-hydrogen) atoms. The molecule has 0 bridgehead atoms. The zero-order valence-corrected chi connectivity index (χ0v) is 13.1. The lowest BCUT2D eigenvalue weighted by Crippen LogP contribution is -2.47. The van der Waals surface area contributed by atoms with E-state index in [9.17, 15) is 4.79 Å². The summed E-state index contributed by atoms with van der Waals surface area (Å²) in [5.74, 6) is 0.487. The van der Waals surface area contributed by atoms with Gasteiger partial charge in [0.15, 0.2) is 0 Å². The van der Waals surface area contributed by atoms with E-state index in [0.717, 1.165) is 25.9 Å². The van der Waals surface area contributed by atoms with Crippen LogP contribution in [0.25, 0.3) is 0 Å². The monoisotopic (exact) mass is 286 g/mol. The summed E-state index contributed by atoms with van der Waals surface area (Å²) in [6.45, 7) is 6.23. The molecule has 1 atom stereocenters. The Morgan fingerprint density at radius 1 is 1.29 bits per heavy atom. The standard InChI is InChI=1S/C18H26N2O/c1-13(2)20(12-17-8-5-9-19-17)18(21)16-10-14-6-3-4-7-15(14)11-16/h3-4,6-7,13,16-17,19H,5,8-12H2,1-2H3. The fraction of sp³-hybridized carbons (Fsp3) is 0.611. The molecule has 2 aliphatic rings. The molecule has 3 nitrogen and oxygen atoms in total. The second kappa shape index (κ2) is 6.18. The number of nitrogens with one attached hydrogen (secondary N) is 1. The molecule has 1 unspecified atom stereocenters. The van der Waals surface area contributed by atoms with Gasteiger partial charge in [0.05, 0.1) is 0 Å². The molecule has 1 aromatic rings. The van der Waals surface area contributed by atoms with E-state index in [4.69, 9.17) is 0 Å². The maximum Gasteiger partial charge on any atom is 0.226 e. The lowest BCUT2D eigenvalue weighted by atomic mass is 10.0. The summed E-state index contributed by atoms with van der Waals surface area (Å²) in [5, 5.41) is 3.51. The van der Waals surface area contributed by atoms with Crippen LogP contribution in [0.1, 0.15) is 37.8 Å². The predicted octanol–water partition coefficient (Wildman–Crippen LogP) is 2.39. The van der Waals surface area contributed by atoms with E-state index < -0.39 is 0 Å². The maximum atomic E-state index is 12.9. The van der Waals surface area contributed by atoms with Crippen molar-refractivity contribution in [2.75, 3.05) is 13.1 Å². The van der Waals surface area contributed by atoms with E-state index in [1.165, 1.54) is 24.0 Å². The van der Waals surface area contributed by atoms with Crippen LogP contribution >= 0.6 is 0 Å². The van der Waals surface area contributed by atoms with Crippen LogP contribution in [0.4, 0.5) is 0 Å². The molecule has 1 fully saturated rings. The number of carbonyl (C=O) groups excluding carboxylic acids is 1. The first kappa shape index (κ1) is 14.6. The van der Waals surface area contributed by atoms with Crippen molar-refractivity contribution >= 4 is 5.91 Å². The van der Waals surface area contributed by atoms with Gasteiger partial charge in [0, 0.05) is 24.5 Å². The van der Waals surface area contributed by atoms with E-state index >= 15 is 0 Å². The Labute approximate surface area is 127 Å². The number of nitrogens with zero attached hydrogens (tertiary/aromatic N) is 1. The second-order valence-corrected chi connectivity index (χ2v) is 6.75. The number of rotatable bonds is 4. The minimum absolute atomic E-state index is 0.145. The highest BCUT2D eigenvalue weighted by molar-refractivity contribution is 5.80. The number of hydrogen-bond donors (Lipinski definition) is 1. The van der Waals surface area contributed by atoms with Gasteiger partial charge in [-0.25, -0.2) is 0 Å². The number of fused-ring (bicyclic) bond motifs is 1. The van der Waals surface area contributed by atoms with E-state index in [1.807, 2.05) is 0 Å². The first-order valence-corrected chi connectivity index (χ1v) is 8.26. The number of benzene rings is 1. The third-order valence-corrected chi connectivity index (χ3v) is 4.89. The smallest absolute Gasteiger partial charge is 0.226 e. The van der Waals surface area contributed by atoms with Crippen molar-refractivity contribution in [2.24, 2.45) is 5.92 Å². The molecule has 3 rings (SSSR count). The van der Waals surface area contributed by atoms with Gasteiger partial charge in [-0.05, 0) is 57.2 Å². The van der Waals surface area contributed by atoms with Crippen LogP contribution in [0.2, 0.25) is 0 Å². The minimum Gasteiger partial charge on any atom is -0.338 e. The summed E-state index contributed by atoms with van der Waals surface area (Å²) in [4.78, 5) is 15.0. The Hall–Kier alpha value is -1.35. The first-order valence-electron chi connectivity index (χ1n) is 8.26. The summed E-state index contributed by atoms with van der Waals surface area (Å²) < 4.78 is 0. The van der Waals surface area contributed by atoms with Crippen LogP contribution in [0.5, 0.6) is 0 Å². The van der Waals surface area contributed by atoms with Crippen molar-refractivity contribution < 1.29 is 4.79 Å². The highest BCUT2D eigenvalue weighted by atomic mass is 16.2. The summed E-state index contributed by atoms with van der Waals surface area (Å²) in [7, 11) is 0. The second-order valence-electron chi connectivity index (χ2n) is 6.75. The van der Waals surface area contributed by atoms with Gasteiger partial charge in [0.1, 0.15) is 0 Å². The van der Waals surface area contributed by atoms with Gasteiger partial charge in [0.25, 0.3) is 0 Å². The van der Waals surface area contributed by atoms with Crippen molar-refractivity contribution in [1.82, 2.24) is 10.2 Å². The topological polar surface area (TPSA) is 32.3 Å². The van der Waals surface area contributed by atoms with Crippen LogP contribution in [-0.4, -0.2) is 36.0 Å². The Balaban J connectivity index is 1.67. The van der Waals surface area contributed by atoms with Crippen molar-refractivity contribution in [3.8, 4) is 0 Å². The van der Waals surface area contributed by atoms with Crippen LogP contribution < -0.4 is 5.32 Å². The van der Waals surface area contributed by atoms with Gasteiger partial charge in [-0.2, -0.15) is 0 Å². The molecule has 1 amide bonds. The minimum atomic E-state index is 0.145. The van der Waals surface area contributed by atoms with E-state index in [-0.39, 0.29) is 12.0 Å². The molecule has 1 aromatic carbocycles. The lowest BCUT2D eigenvalue weighted by Gasteiger charge is -2.31. The fourth-order valence-electron chi connectivity index (χ4n) is 3.67. The highest BCUT2D eigenvalue weighted by Crippen LogP contribution is 2.28.